The molecule has 0 bridgehead atoms. The summed E-state index contributed by atoms with van der Waals surface area (Å²) in [6.45, 7) is 1.49. The van der Waals surface area contributed by atoms with E-state index in [0.717, 1.165) is 0 Å². The number of aromatic nitrogens is 2. The van der Waals surface area contributed by atoms with Crippen LogP contribution in [0.15, 0.2) is 39.5 Å². The van der Waals surface area contributed by atoms with Crippen molar-refractivity contribution in [2.24, 2.45) is 0 Å². The van der Waals surface area contributed by atoms with Crippen LogP contribution in [0.3, 0.4) is 0 Å². The van der Waals surface area contributed by atoms with Gasteiger partial charge in [0.05, 0.1) is 0 Å². The summed E-state index contributed by atoms with van der Waals surface area (Å²) in [5.74, 6) is -0.654. The Hall–Kier alpha value is -2.37. The van der Waals surface area contributed by atoms with Gasteiger partial charge in [0, 0.05) is 12.6 Å². The fourth-order valence-electron chi connectivity index (χ4n) is 1.20. The van der Waals surface area contributed by atoms with E-state index in [0.29, 0.717) is 10.4 Å². The molecule has 0 aliphatic carbocycles. The lowest BCUT2D eigenvalue weighted by Gasteiger charge is -2.01. The van der Waals surface area contributed by atoms with Crippen molar-refractivity contribution in [3.05, 3.63) is 46.8 Å². The van der Waals surface area contributed by atoms with E-state index < -0.39 is 11.8 Å². The Morgan fingerprint density at radius 3 is 2.62 bits per heavy atom. The molecule has 0 saturated carbocycles. The summed E-state index contributed by atoms with van der Waals surface area (Å²) in [6, 6.07) is 8.13. The molecule has 0 fully saturated rings. The number of benzene rings is 1. The summed E-state index contributed by atoms with van der Waals surface area (Å²) in [5.41, 5.74) is 0.583. The smallest absolute Gasteiger partial charge is 0.392 e. The standard InChI is InChI=1S/C10H9N3O3/c1-7-12-13(10(15)16-7)9(14)11-8-5-3-2-4-6-8/h2-6H,1H3,(H,11,14). The number of hydrogen-bond donors (Lipinski definition) is 1. The van der Waals surface area contributed by atoms with Gasteiger partial charge in [0.1, 0.15) is 0 Å². The van der Waals surface area contributed by atoms with Crippen LogP contribution >= 0.6 is 0 Å². The second kappa shape index (κ2) is 4.01. The zero-order valence-electron chi connectivity index (χ0n) is 8.51. The van der Waals surface area contributed by atoms with Crippen molar-refractivity contribution in [2.75, 3.05) is 5.32 Å². The van der Waals surface area contributed by atoms with Gasteiger partial charge >= 0.3 is 11.8 Å². The van der Waals surface area contributed by atoms with E-state index in [9.17, 15) is 9.59 Å². The number of rotatable bonds is 1. The summed E-state index contributed by atoms with van der Waals surface area (Å²) < 4.78 is 5.25. The molecule has 2 aromatic rings. The molecular weight excluding hydrogens is 210 g/mol. The molecule has 16 heavy (non-hydrogen) atoms. The van der Waals surface area contributed by atoms with Gasteiger partial charge in [0.15, 0.2) is 0 Å². The van der Waals surface area contributed by atoms with E-state index in [4.69, 9.17) is 0 Å². The van der Waals surface area contributed by atoms with Crippen molar-refractivity contribution < 1.29 is 9.21 Å². The number of nitrogens with zero attached hydrogens (tertiary/aromatic N) is 2. The van der Waals surface area contributed by atoms with E-state index >= 15 is 0 Å². The van der Waals surface area contributed by atoms with Crippen molar-refractivity contribution in [1.29, 1.82) is 0 Å². The normalized spacial score (nSPS) is 10.1. The first-order valence-corrected chi connectivity index (χ1v) is 4.60. The molecule has 0 saturated heterocycles. The van der Waals surface area contributed by atoms with Crippen molar-refractivity contribution in [3.8, 4) is 0 Å². The maximum atomic E-state index is 11.6. The number of nitrogens with one attached hydrogen (secondary N) is 1. The van der Waals surface area contributed by atoms with E-state index in [2.05, 4.69) is 14.8 Å². The number of anilines is 1. The molecule has 0 aliphatic rings. The van der Waals surface area contributed by atoms with Crippen LogP contribution in [0.2, 0.25) is 0 Å². The van der Waals surface area contributed by atoms with Crippen LogP contribution in [0, 0.1) is 6.92 Å². The molecule has 6 heteroatoms. The lowest BCUT2D eigenvalue weighted by atomic mass is 10.3. The molecule has 0 spiro atoms. The average molecular weight is 219 g/mol. The van der Waals surface area contributed by atoms with Crippen LogP contribution in [0.4, 0.5) is 10.5 Å². The van der Waals surface area contributed by atoms with E-state index in [1.165, 1.54) is 6.92 Å². The Kier molecular flexibility index (Phi) is 2.55. The van der Waals surface area contributed by atoms with Crippen LogP contribution in [-0.4, -0.2) is 15.8 Å². The minimum atomic E-state index is -0.800. The van der Waals surface area contributed by atoms with Gasteiger partial charge in [-0.3, -0.25) is 0 Å². The summed E-state index contributed by atoms with van der Waals surface area (Å²) in [7, 11) is 0. The molecule has 0 aliphatic heterocycles. The van der Waals surface area contributed by atoms with Crippen LogP contribution in [0.1, 0.15) is 5.89 Å². The van der Waals surface area contributed by atoms with Crippen molar-refractivity contribution >= 4 is 11.7 Å². The molecule has 1 amide bonds. The highest BCUT2D eigenvalue weighted by molar-refractivity contribution is 5.90. The van der Waals surface area contributed by atoms with Gasteiger partial charge in [-0.2, -0.15) is 0 Å². The predicted octanol–water partition coefficient (Wildman–Crippen LogP) is 1.22. The lowest BCUT2D eigenvalue weighted by Crippen LogP contribution is -2.29. The fraction of sp³-hybridized carbons (Fsp3) is 0.100. The van der Waals surface area contributed by atoms with E-state index in [1.54, 1.807) is 24.3 Å². The SMILES string of the molecule is Cc1nn(C(=O)Nc2ccccc2)c(=O)o1. The van der Waals surface area contributed by atoms with Crippen LogP contribution in [-0.2, 0) is 0 Å². The number of carbonyl (C=O) groups is 1. The van der Waals surface area contributed by atoms with Gasteiger partial charge in [0.2, 0.25) is 5.89 Å². The van der Waals surface area contributed by atoms with Crippen molar-refractivity contribution in [3.63, 3.8) is 0 Å². The Balaban J connectivity index is 2.21. The van der Waals surface area contributed by atoms with E-state index in [1.807, 2.05) is 6.07 Å². The zero-order chi connectivity index (χ0) is 11.5. The Bertz CT molecular complexity index is 556. The maximum absolute atomic E-state index is 11.6. The Morgan fingerprint density at radius 1 is 1.38 bits per heavy atom. The molecule has 1 aromatic carbocycles. The lowest BCUT2D eigenvalue weighted by molar-refractivity contribution is 0.249. The van der Waals surface area contributed by atoms with Gasteiger partial charge in [-0.05, 0) is 12.1 Å². The first-order valence-electron chi connectivity index (χ1n) is 4.60. The van der Waals surface area contributed by atoms with Crippen LogP contribution in [0.5, 0.6) is 0 Å². The van der Waals surface area contributed by atoms with Crippen LogP contribution in [0.25, 0.3) is 0 Å². The molecule has 1 heterocycles. The van der Waals surface area contributed by atoms with Gasteiger partial charge in [0.25, 0.3) is 0 Å². The first-order chi connectivity index (χ1) is 7.66. The third-order valence-electron chi connectivity index (χ3n) is 1.87. The largest absolute Gasteiger partial charge is 0.446 e. The molecule has 2 rings (SSSR count). The van der Waals surface area contributed by atoms with Gasteiger partial charge in [-0.25, -0.2) is 9.59 Å². The highest BCUT2D eigenvalue weighted by Gasteiger charge is 2.12. The van der Waals surface area contributed by atoms with Crippen molar-refractivity contribution in [2.45, 2.75) is 6.92 Å². The monoisotopic (exact) mass is 219 g/mol. The molecule has 1 N–H and O–H groups in total. The number of carbonyl (C=O) groups excluding carboxylic acids is 1. The molecule has 0 radical (unpaired) electrons. The quantitative estimate of drug-likeness (QED) is 0.782. The third kappa shape index (κ3) is 2.00. The number of hydrogen-bond acceptors (Lipinski definition) is 4. The number of amides is 1. The molecule has 82 valence electrons. The summed E-state index contributed by atoms with van der Waals surface area (Å²) in [5, 5.41) is 6.15. The molecule has 0 unspecified atom stereocenters. The number of para-hydroxylation sites is 1. The maximum Gasteiger partial charge on any atom is 0.446 e. The second-order valence-corrected chi connectivity index (χ2v) is 3.09. The van der Waals surface area contributed by atoms with E-state index in [-0.39, 0.29) is 5.89 Å². The number of aryl methyl sites for hydroxylation is 1. The van der Waals surface area contributed by atoms with Gasteiger partial charge < -0.3 is 9.73 Å². The summed E-state index contributed by atoms with van der Waals surface area (Å²) in [6.07, 6.45) is 0. The minimum Gasteiger partial charge on any atom is -0.392 e. The van der Waals surface area contributed by atoms with Crippen LogP contribution < -0.4 is 11.1 Å². The van der Waals surface area contributed by atoms with Gasteiger partial charge in [-0.15, -0.1) is 9.78 Å². The molecule has 6 nitrogen and oxygen atoms in total. The highest BCUT2D eigenvalue weighted by atomic mass is 16.4. The first kappa shape index (κ1) is 10.2. The summed E-state index contributed by atoms with van der Waals surface area (Å²) in [4.78, 5) is 22.7. The molecule has 1 aromatic heterocycles. The fourth-order valence-corrected chi connectivity index (χ4v) is 1.20. The molecular formula is C10H9N3O3. The second-order valence-electron chi connectivity index (χ2n) is 3.09. The van der Waals surface area contributed by atoms with Gasteiger partial charge in [-0.1, -0.05) is 18.2 Å². The summed E-state index contributed by atoms with van der Waals surface area (Å²) >= 11 is 0. The Labute approximate surface area is 90.5 Å². The predicted molar refractivity (Wildman–Crippen MR) is 56.4 cm³/mol. The zero-order valence-corrected chi connectivity index (χ0v) is 8.51. The minimum absolute atomic E-state index is 0.146. The topological polar surface area (TPSA) is 77.1 Å². The molecule has 0 atom stereocenters. The third-order valence-corrected chi connectivity index (χ3v) is 1.87. The Morgan fingerprint density at radius 2 is 2.06 bits per heavy atom. The average Bonchev–Trinajstić information content (AvgIpc) is 2.59. The highest BCUT2D eigenvalue weighted by Crippen LogP contribution is 2.04. The van der Waals surface area contributed by atoms with Crippen molar-refractivity contribution in [1.82, 2.24) is 9.78 Å².